The van der Waals surface area contributed by atoms with Crippen LogP contribution in [0.4, 0.5) is 9.18 Å². The van der Waals surface area contributed by atoms with Crippen LogP contribution in [0.2, 0.25) is 0 Å². The molecule has 3 rings (SSSR count). The molecule has 1 fully saturated rings. The van der Waals surface area contributed by atoms with Gasteiger partial charge in [-0.3, -0.25) is 0 Å². The van der Waals surface area contributed by atoms with Crippen molar-refractivity contribution in [2.75, 3.05) is 6.54 Å². The lowest BCUT2D eigenvalue weighted by molar-refractivity contribution is 0.0943. The maximum absolute atomic E-state index is 13.3. The highest BCUT2D eigenvalue weighted by Gasteiger charge is 2.24. The third kappa shape index (κ3) is 3.82. The van der Waals surface area contributed by atoms with Crippen molar-refractivity contribution in [3.8, 4) is 0 Å². The summed E-state index contributed by atoms with van der Waals surface area (Å²) in [5.74, 6) is -0.268. The number of nitrogens with one attached hydrogen (secondary N) is 3. The number of aromatic amines is 1. The molecule has 2 unspecified atom stereocenters. The second-order valence-electron chi connectivity index (χ2n) is 6.11. The summed E-state index contributed by atoms with van der Waals surface area (Å²) in [5, 5.41) is 16.3. The van der Waals surface area contributed by atoms with E-state index in [1.54, 1.807) is 6.07 Å². The van der Waals surface area contributed by atoms with Crippen LogP contribution in [0.1, 0.15) is 31.2 Å². The number of benzene rings is 1. The van der Waals surface area contributed by atoms with E-state index >= 15 is 0 Å². The third-order valence-corrected chi connectivity index (χ3v) is 4.46. The summed E-state index contributed by atoms with van der Waals surface area (Å²) in [4.78, 5) is 15.0. The normalized spacial score (nSPS) is 21.3. The molecule has 0 aliphatic heterocycles. The van der Waals surface area contributed by atoms with Crippen LogP contribution in [-0.2, 0) is 6.42 Å². The number of halogens is 1. The zero-order valence-electron chi connectivity index (χ0n) is 12.9. The van der Waals surface area contributed by atoms with E-state index in [1.807, 2.05) is 6.20 Å². The van der Waals surface area contributed by atoms with Crippen LogP contribution in [0.25, 0.3) is 10.9 Å². The molecule has 0 spiro atoms. The summed E-state index contributed by atoms with van der Waals surface area (Å²) >= 11 is 0. The van der Waals surface area contributed by atoms with Crippen LogP contribution in [-0.4, -0.2) is 34.8 Å². The van der Waals surface area contributed by atoms with E-state index in [0.29, 0.717) is 13.0 Å². The summed E-state index contributed by atoms with van der Waals surface area (Å²) in [7, 11) is 0. The van der Waals surface area contributed by atoms with Gasteiger partial charge >= 0.3 is 6.03 Å². The molecule has 4 N–H and O–H groups in total. The molecular weight excluding hydrogens is 297 g/mol. The maximum Gasteiger partial charge on any atom is 0.315 e. The minimum atomic E-state index is -0.453. The van der Waals surface area contributed by atoms with Gasteiger partial charge in [0.2, 0.25) is 0 Å². The summed E-state index contributed by atoms with van der Waals surface area (Å²) in [6.45, 7) is 0.456. The Morgan fingerprint density at radius 1 is 1.35 bits per heavy atom. The van der Waals surface area contributed by atoms with E-state index in [2.05, 4.69) is 15.6 Å². The number of aliphatic hydroxyl groups excluding tert-OH is 1. The molecule has 2 amide bonds. The minimum absolute atomic E-state index is 0.161. The molecule has 124 valence electrons. The van der Waals surface area contributed by atoms with Gasteiger partial charge < -0.3 is 20.7 Å². The number of carbonyl (C=O) groups excluding carboxylic acids is 1. The number of rotatable bonds is 4. The number of H-pyrrole nitrogens is 1. The first-order valence-corrected chi connectivity index (χ1v) is 8.11. The highest BCUT2D eigenvalue weighted by Crippen LogP contribution is 2.20. The molecule has 1 saturated carbocycles. The van der Waals surface area contributed by atoms with E-state index in [-0.39, 0.29) is 17.9 Å². The molecule has 1 heterocycles. The first-order valence-electron chi connectivity index (χ1n) is 8.11. The van der Waals surface area contributed by atoms with Gasteiger partial charge in [-0.25, -0.2) is 9.18 Å². The lowest BCUT2D eigenvalue weighted by Crippen LogP contribution is -2.49. The average Bonchev–Trinajstić information content (AvgIpc) is 2.92. The van der Waals surface area contributed by atoms with E-state index in [0.717, 1.165) is 42.1 Å². The molecule has 6 heteroatoms. The van der Waals surface area contributed by atoms with E-state index in [1.165, 1.54) is 12.1 Å². The molecule has 0 saturated heterocycles. The predicted octanol–water partition coefficient (Wildman–Crippen LogP) is 2.45. The van der Waals surface area contributed by atoms with Crippen LogP contribution in [0.15, 0.2) is 24.4 Å². The van der Waals surface area contributed by atoms with Gasteiger partial charge in [0.1, 0.15) is 5.82 Å². The Kier molecular flexibility index (Phi) is 4.81. The third-order valence-electron chi connectivity index (χ3n) is 4.46. The second-order valence-corrected chi connectivity index (χ2v) is 6.11. The minimum Gasteiger partial charge on any atom is -0.391 e. The summed E-state index contributed by atoms with van der Waals surface area (Å²) in [5.41, 5.74) is 1.86. The Morgan fingerprint density at radius 2 is 2.17 bits per heavy atom. The Morgan fingerprint density at radius 3 is 3.00 bits per heavy atom. The Balaban J connectivity index is 1.50. The van der Waals surface area contributed by atoms with Crippen LogP contribution in [0, 0.1) is 5.82 Å². The molecule has 1 aliphatic rings. The van der Waals surface area contributed by atoms with Crippen molar-refractivity contribution >= 4 is 16.9 Å². The number of urea groups is 1. The van der Waals surface area contributed by atoms with Crippen molar-refractivity contribution < 1.29 is 14.3 Å². The number of aromatic nitrogens is 1. The van der Waals surface area contributed by atoms with Gasteiger partial charge in [0.05, 0.1) is 12.1 Å². The summed E-state index contributed by atoms with van der Waals surface area (Å²) < 4.78 is 13.3. The number of amides is 2. The highest BCUT2D eigenvalue weighted by molar-refractivity contribution is 5.83. The van der Waals surface area contributed by atoms with Crippen LogP contribution < -0.4 is 10.6 Å². The second kappa shape index (κ2) is 7.00. The van der Waals surface area contributed by atoms with E-state index in [9.17, 15) is 14.3 Å². The maximum atomic E-state index is 13.3. The van der Waals surface area contributed by atoms with Crippen LogP contribution in [0.5, 0.6) is 0 Å². The number of hydrogen-bond donors (Lipinski definition) is 4. The van der Waals surface area contributed by atoms with Gasteiger partial charge in [0, 0.05) is 23.6 Å². The lowest BCUT2D eigenvalue weighted by Gasteiger charge is -2.28. The molecule has 1 aromatic heterocycles. The molecule has 2 atom stereocenters. The van der Waals surface area contributed by atoms with Crippen molar-refractivity contribution in [1.29, 1.82) is 0 Å². The summed E-state index contributed by atoms with van der Waals surface area (Å²) in [6, 6.07) is 4.20. The SMILES string of the molecule is O=C(NCCc1c[nH]c2ccc(F)cc12)NC1CCCCC1O. The van der Waals surface area contributed by atoms with E-state index in [4.69, 9.17) is 0 Å². The van der Waals surface area contributed by atoms with Crippen molar-refractivity contribution in [2.24, 2.45) is 0 Å². The van der Waals surface area contributed by atoms with Gasteiger partial charge in [0.25, 0.3) is 0 Å². The first-order chi connectivity index (χ1) is 11.1. The number of carbonyl (C=O) groups is 1. The van der Waals surface area contributed by atoms with Gasteiger partial charge in [-0.2, -0.15) is 0 Å². The molecule has 23 heavy (non-hydrogen) atoms. The molecular formula is C17H22FN3O2. The van der Waals surface area contributed by atoms with Crippen LogP contribution >= 0.6 is 0 Å². The van der Waals surface area contributed by atoms with Crippen molar-refractivity contribution in [1.82, 2.24) is 15.6 Å². The van der Waals surface area contributed by atoms with Crippen molar-refractivity contribution in [3.63, 3.8) is 0 Å². The Hall–Kier alpha value is -2.08. The lowest BCUT2D eigenvalue weighted by atomic mass is 9.93. The van der Waals surface area contributed by atoms with Gasteiger partial charge in [-0.05, 0) is 43.0 Å². The molecule has 0 radical (unpaired) electrons. The molecule has 1 aliphatic carbocycles. The topological polar surface area (TPSA) is 77.2 Å². The average molecular weight is 319 g/mol. The summed E-state index contributed by atoms with van der Waals surface area (Å²) in [6.07, 6.45) is 5.60. The standard InChI is InChI=1S/C17H22FN3O2/c18-12-5-6-14-13(9-12)11(10-20-14)7-8-19-17(23)21-15-3-1-2-4-16(15)22/h5-6,9-10,15-16,20,22H,1-4,7-8H2,(H2,19,21,23). The molecule has 0 bridgehead atoms. The van der Waals surface area contributed by atoms with Crippen molar-refractivity contribution in [2.45, 2.75) is 44.2 Å². The fourth-order valence-electron chi connectivity index (χ4n) is 3.17. The van der Waals surface area contributed by atoms with Crippen molar-refractivity contribution in [3.05, 3.63) is 35.8 Å². The number of hydrogen-bond acceptors (Lipinski definition) is 2. The molecule has 2 aromatic rings. The Labute approximate surface area is 134 Å². The predicted molar refractivity (Wildman–Crippen MR) is 86.8 cm³/mol. The quantitative estimate of drug-likeness (QED) is 0.698. The van der Waals surface area contributed by atoms with Gasteiger partial charge in [-0.1, -0.05) is 12.8 Å². The van der Waals surface area contributed by atoms with Crippen LogP contribution in [0.3, 0.4) is 0 Å². The zero-order valence-corrected chi connectivity index (χ0v) is 12.9. The fraction of sp³-hybridized carbons (Fsp3) is 0.471. The Bertz CT molecular complexity index is 686. The van der Waals surface area contributed by atoms with Gasteiger partial charge in [-0.15, -0.1) is 0 Å². The largest absolute Gasteiger partial charge is 0.391 e. The number of fused-ring (bicyclic) bond motifs is 1. The highest BCUT2D eigenvalue weighted by atomic mass is 19.1. The molecule has 1 aromatic carbocycles. The fourth-order valence-corrected chi connectivity index (χ4v) is 3.17. The zero-order chi connectivity index (χ0) is 16.2. The molecule has 5 nitrogen and oxygen atoms in total. The smallest absolute Gasteiger partial charge is 0.315 e. The van der Waals surface area contributed by atoms with E-state index < -0.39 is 6.10 Å². The first kappa shape index (κ1) is 15.8. The number of aliphatic hydroxyl groups is 1. The monoisotopic (exact) mass is 319 g/mol. The van der Waals surface area contributed by atoms with Gasteiger partial charge in [0.15, 0.2) is 0 Å².